The molecule has 1 saturated heterocycles. The molecule has 1 unspecified atom stereocenters. The lowest BCUT2D eigenvalue weighted by Gasteiger charge is -2.32. The van der Waals surface area contributed by atoms with Crippen LogP contribution in [0.5, 0.6) is 0 Å². The lowest BCUT2D eigenvalue weighted by molar-refractivity contribution is 0.0709. The van der Waals surface area contributed by atoms with Crippen molar-refractivity contribution in [1.82, 2.24) is 14.5 Å². The molecule has 1 amide bonds. The summed E-state index contributed by atoms with van der Waals surface area (Å²) in [5.41, 5.74) is 0.540. The minimum absolute atomic E-state index is 0.0390. The molecule has 1 heterocycles. The normalized spacial score (nSPS) is 22.6. The van der Waals surface area contributed by atoms with Gasteiger partial charge in [0.25, 0.3) is 5.91 Å². The van der Waals surface area contributed by atoms with Crippen molar-refractivity contribution in [2.45, 2.75) is 56.0 Å². The summed E-state index contributed by atoms with van der Waals surface area (Å²) in [6.45, 7) is 4.18. The van der Waals surface area contributed by atoms with Crippen LogP contribution in [0.25, 0.3) is 0 Å². The first-order chi connectivity index (χ1) is 12.4. The molecular weight excluding hydrogens is 350 g/mol. The van der Waals surface area contributed by atoms with Gasteiger partial charge in [0.1, 0.15) is 0 Å². The van der Waals surface area contributed by atoms with Gasteiger partial charge in [0.15, 0.2) is 0 Å². The molecule has 7 heteroatoms. The van der Waals surface area contributed by atoms with E-state index in [-0.39, 0.29) is 22.9 Å². The van der Waals surface area contributed by atoms with Gasteiger partial charge in [0.05, 0.1) is 4.90 Å². The van der Waals surface area contributed by atoms with Gasteiger partial charge in [-0.1, -0.05) is 19.3 Å². The highest BCUT2D eigenvalue weighted by Gasteiger charge is 2.29. The largest absolute Gasteiger partial charge is 0.336 e. The molecule has 1 atom stereocenters. The van der Waals surface area contributed by atoms with E-state index in [0.717, 1.165) is 32.2 Å². The van der Waals surface area contributed by atoms with E-state index in [1.807, 2.05) is 4.90 Å². The quantitative estimate of drug-likeness (QED) is 0.870. The number of piperazine rings is 1. The summed E-state index contributed by atoms with van der Waals surface area (Å²) in [5, 5.41) is 3.31. The van der Waals surface area contributed by atoms with Crippen molar-refractivity contribution in [3.05, 3.63) is 29.8 Å². The number of sulfonamides is 1. The third-order valence-corrected chi connectivity index (χ3v) is 7.45. The summed E-state index contributed by atoms with van der Waals surface area (Å²) in [4.78, 5) is 14.7. The van der Waals surface area contributed by atoms with Gasteiger partial charge < -0.3 is 10.2 Å². The average molecular weight is 380 g/mol. The molecular formula is C19H29N3O3S. The summed E-state index contributed by atoms with van der Waals surface area (Å²) in [6.07, 6.45) is 5.20. The van der Waals surface area contributed by atoms with E-state index in [2.05, 4.69) is 12.2 Å². The number of carbonyl (C=O) groups is 1. The van der Waals surface area contributed by atoms with E-state index in [1.165, 1.54) is 10.7 Å². The first-order valence-corrected chi connectivity index (χ1v) is 10.9. The molecule has 0 spiro atoms. The zero-order valence-electron chi connectivity index (χ0n) is 15.6. The number of hydrogen-bond acceptors (Lipinski definition) is 4. The number of nitrogens with one attached hydrogen (secondary N) is 1. The van der Waals surface area contributed by atoms with Crippen LogP contribution in [0.15, 0.2) is 29.2 Å². The monoisotopic (exact) mass is 379 g/mol. The Morgan fingerprint density at radius 1 is 1.15 bits per heavy atom. The molecule has 1 saturated carbocycles. The van der Waals surface area contributed by atoms with Crippen LogP contribution in [0.1, 0.15) is 49.4 Å². The van der Waals surface area contributed by atoms with Gasteiger partial charge in [-0.2, -0.15) is 4.31 Å². The molecule has 0 aromatic heterocycles. The van der Waals surface area contributed by atoms with E-state index >= 15 is 0 Å². The lowest BCUT2D eigenvalue weighted by Crippen LogP contribution is -2.51. The van der Waals surface area contributed by atoms with Crippen molar-refractivity contribution in [3.8, 4) is 0 Å². The van der Waals surface area contributed by atoms with Crippen LogP contribution in [0, 0.1) is 0 Å². The second-order valence-electron chi connectivity index (χ2n) is 7.44. The van der Waals surface area contributed by atoms with Crippen LogP contribution < -0.4 is 5.32 Å². The van der Waals surface area contributed by atoms with Crippen molar-refractivity contribution >= 4 is 15.9 Å². The standard InChI is InChI=1S/C19H29N3O3S/c1-15-14-22(13-12-20-15)19(23)16-8-10-18(11-9-16)26(24,25)21(2)17-6-4-3-5-7-17/h8-11,15,17,20H,3-7,12-14H2,1-2H3. The van der Waals surface area contributed by atoms with Gasteiger partial charge in [-0.15, -0.1) is 0 Å². The summed E-state index contributed by atoms with van der Waals surface area (Å²) in [5.74, 6) is -0.0390. The van der Waals surface area contributed by atoms with Gasteiger partial charge in [0.2, 0.25) is 10.0 Å². The first-order valence-electron chi connectivity index (χ1n) is 9.50. The fraction of sp³-hybridized carbons (Fsp3) is 0.632. The molecule has 6 nitrogen and oxygen atoms in total. The molecule has 144 valence electrons. The SMILES string of the molecule is CC1CN(C(=O)c2ccc(S(=O)(=O)N(C)C3CCCCC3)cc2)CCN1. The van der Waals surface area contributed by atoms with Crippen LogP contribution in [-0.2, 0) is 10.0 Å². The highest BCUT2D eigenvalue weighted by atomic mass is 32.2. The summed E-state index contributed by atoms with van der Waals surface area (Å²) in [7, 11) is -1.84. The van der Waals surface area contributed by atoms with Crippen LogP contribution in [0.3, 0.4) is 0 Å². The third kappa shape index (κ3) is 4.10. The molecule has 2 fully saturated rings. The average Bonchev–Trinajstić information content (AvgIpc) is 2.67. The van der Waals surface area contributed by atoms with E-state index in [0.29, 0.717) is 18.7 Å². The maximum absolute atomic E-state index is 12.9. The van der Waals surface area contributed by atoms with Gasteiger partial charge in [-0.25, -0.2) is 8.42 Å². The number of hydrogen-bond donors (Lipinski definition) is 1. The van der Waals surface area contributed by atoms with Crippen molar-refractivity contribution in [2.75, 3.05) is 26.7 Å². The second kappa shape index (κ2) is 8.06. The highest BCUT2D eigenvalue weighted by molar-refractivity contribution is 7.89. The minimum Gasteiger partial charge on any atom is -0.336 e. The number of nitrogens with zero attached hydrogens (tertiary/aromatic N) is 2. The van der Waals surface area contributed by atoms with Crippen molar-refractivity contribution in [1.29, 1.82) is 0 Å². The molecule has 2 aliphatic rings. The van der Waals surface area contributed by atoms with Gasteiger partial charge in [0, 0.05) is 44.3 Å². The third-order valence-electron chi connectivity index (χ3n) is 5.52. The zero-order valence-corrected chi connectivity index (χ0v) is 16.5. The van der Waals surface area contributed by atoms with Crippen LogP contribution in [0.2, 0.25) is 0 Å². The zero-order chi connectivity index (χ0) is 18.7. The topological polar surface area (TPSA) is 69.7 Å². The van der Waals surface area contributed by atoms with Gasteiger partial charge in [-0.05, 0) is 44.0 Å². The Morgan fingerprint density at radius 3 is 2.42 bits per heavy atom. The van der Waals surface area contributed by atoms with E-state index in [1.54, 1.807) is 31.3 Å². The molecule has 1 aromatic carbocycles. The lowest BCUT2D eigenvalue weighted by atomic mass is 9.96. The molecule has 1 N–H and O–H groups in total. The van der Waals surface area contributed by atoms with Gasteiger partial charge in [-0.3, -0.25) is 4.79 Å². The van der Waals surface area contributed by atoms with Crippen LogP contribution in [0.4, 0.5) is 0 Å². The molecule has 1 aliphatic heterocycles. The van der Waals surface area contributed by atoms with Gasteiger partial charge >= 0.3 is 0 Å². The minimum atomic E-state index is -3.52. The molecule has 0 bridgehead atoms. The summed E-state index contributed by atoms with van der Waals surface area (Å²) in [6, 6.07) is 6.75. The van der Waals surface area contributed by atoms with E-state index < -0.39 is 10.0 Å². The maximum Gasteiger partial charge on any atom is 0.253 e. The number of benzene rings is 1. The molecule has 26 heavy (non-hydrogen) atoms. The molecule has 3 rings (SSSR count). The second-order valence-corrected chi connectivity index (χ2v) is 9.44. The van der Waals surface area contributed by atoms with Crippen molar-refractivity contribution in [2.24, 2.45) is 0 Å². The number of amides is 1. The predicted octanol–water partition coefficient (Wildman–Crippen LogP) is 2.07. The Labute approximate surface area is 156 Å². The van der Waals surface area contributed by atoms with Crippen molar-refractivity contribution < 1.29 is 13.2 Å². The molecule has 0 radical (unpaired) electrons. The van der Waals surface area contributed by atoms with Crippen molar-refractivity contribution in [3.63, 3.8) is 0 Å². The first kappa shape index (κ1) is 19.3. The fourth-order valence-corrected chi connectivity index (χ4v) is 5.29. The Morgan fingerprint density at radius 2 is 1.81 bits per heavy atom. The summed E-state index contributed by atoms with van der Waals surface area (Å²) < 4.78 is 27.3. The maximum atomic E-state index is 12.9. The Balaban J connectivity index is 1.72. The summed E-state index contributed by atoms with van der Waals surface area (Å²) >= 11 is 0. The van der Waals surface area contributed by atoms with Crippen LogP contribution in [-0.4, -0.2) is 62.3 Å². The Hall–Kier alpha value is -1.44. The predicted molar refractivity (Wildman–Crippen MR) is 102 cm³/mol. The number of rotatable bonds is 4. The number of carbonyl (C=O) groups excluding carboxylic acids is 1. The Kier molecular flexibility index (Phi) is 5.99. The molecule has 1 aromatic rings. The van der Waals surface area contributed by atoms with E-state index in [4.69, 9.17) is 0 Å². The Bertz CT molecular complexity index is 727. The molecule has 1 aliphatic carbocycles. The van der Waals surface area contributed by atoms with Crippen LogP contribution >= 0.6 is 0 Å². The smallest absolute Gasteiger partial charge is 0.253 e. The fourth-order valence-electron chi connectivity index (χ4n) is 3.88. The van der Waals surface area contributed by atoms with E-state index in [9.17, 15) is 13.2 Å². The highest BCUT2D eigenvalue weighted by Crippen LogP contribution is 2.26.